The number of pyridine rings is 1. The van der Waals surface area contributed by atoms with E-state index in [0.29, 0.717) is 29.7 Å². The van der Waals surface area contributed by atoms with Crippen molar-refractivity contribution in [2.45, 2.75) is 19.3 Å². The molecule has 0 aliphatic carbocycles. The van der Waals surface area contributed by atoms with E-state index in [1.165, 1.54) is 12.1 Å². The van der Waals surface area contributed by atoms with Crippen LogP contribution >= 0.6 is 0 Å². The highest BCUT2D eigenvalue weighted by atomic mass is 19.1. The minimum Gasteiger partial charge on any atom is -0.323 e. The van der Waals surface area contributed by atoms with Gasteiger partial charge in [-0.1, -0.05) is 0 Å². The van der Waals surface area contributed by atoms with Crippen molar-refractivity contribution in [2.24, 2.45) is 0 Å². The molecule has 1 aromatic heterocycles. The van der Waals surface area contributed by atoms with E-state index in [-0.39, 0.29) is 5.82 Å². The smallest absolute Gasteiger partial charge is 0.323 e. The van der Waals surface area contributed by atoms with Crippen molar-refractivity contribution in [2.75, 3.05) is 18.6 Å². The summed E-state index contributed by atoms with van der Waals surface area (Å²) in [6.45, 7) is 1.43. The molecule has 0 saturated carbocycles. The van der Waals surface area contributed by atoms with E-state index < -0.39 is 6.09 Å². The van der Waals surface area contributed by atoms with Crippen molar-refractivity contribution in [1.29, 1.82) is 0 Å². The van der Waals surface area contributed by atoms with Crippen LogP contribution in [-0.4, -0.2) is 29.1 Å². The number of carbonyl (C=O) groups is 1. The summed E-state index contributed by atoms with van der Waals surface area (Å²) in [7, 11) is 0. The summed E-state index contributed by atoms with van der Waals surface area (Å²) in [5, 5.41) is 1.40. The third kappa shape index (κ3) is 3.04. The molecule has 1 fully saturated rings. The lowest BCUT2D eigenvalue weighted by atomic mass is 10.1. The molecule has 0 atom stereocenters. The number of carbonyl (C=O) groups excluding carboxylic acids is 1. The van der Waals surface area contributed by atoms with Crippen molar-refractivity contribution in [3.8, 4) is 0 Å². The Hall–Kier alpha value is -2.37. The van der Waals surface area contributed by atoms with E-state index in [0.717, 1.165) is 19.3 Å². The number of amides is 1. The first-order valence-corrected chi connectivity index (χ1v) is 7.00. The van der Waals surface area contributed by atoms with E-state index in [9.17, 15) is 9.18 Å². The number of anilines is 1. The van der Waals surface area contributed by atoms with Crippen molar-refractivity contribution in [3.05, 3.63) is 36.3 Å². The summed E-state index contributed by atoms with van der Waals surface area (Å²) < 4.78 is 13.2. The number of hydrogen-bond donors (Lipinski definition) is 1. The molecule has 1 N–H and O–H groups in total. The third-order valence-corrected chi connectivity index (χ3v) is 3.58. The molecule has 1 aliphatic rings. The highest BCUT2D eigenvalue weighted by molar-refractivity contribution is 5.91. The SMILES string of the molecule is O=C(ONc1nccc2cc(F)ccc12)N1CCCCC1. The molecule has 2 heterocycles. The first-order valence-electron chi connectivity index (χ1n) is 7.00. The summed E-state index contributed by atoms with van der Waals surface area (Å²) in [4.78, 5) is 22.8. The van der Waals surface area contributed by atoms with E-state index in [1.54, 1.807) is 23.2 Å². The first-order chi connectivity index (χ1) is 10.2. The Labute approximate surface area is 121 Å². The predicted octanol–water partition coefficient (Wildman–Crippen LogP) is 3.32. The summed E-state index contributed by atoms with van der Waals surface area (Å²) in [5.41, 5.74) is 2.58. The quantitative estimate of drug-likeness (QED) is 0.862. The number of piperidine rings is 1. The molecule has 21 heavy (non-hydrogen) atoms. The van der Waals surface area contributed by atoms with Crippen LogP contribution in [0.15, 0.2) is 30.5 Å². The van der Waals surface area contributed by atoms with Crippen molar-refractivity contribution < 1.29 is 14.0 Å². The van der Waals surface area contributed by atoms with Gasteiger partial charge in [0.25, 0.3) is 0 Å². The second kappa shape index (κ2) is 5.95. The number of nitrogens with one attached hydrogen (secondary N) is 1. The Kier molecular flexibility index (Phi) is 3.85. The minimum absolute atomic E-state index is 0.315. The molecule has 0 bridgehead atoms. The van der Waals surface area contributed by atoms with E-state index >= 15 is 0 Å². The van der Waals surface area contributed by atoms with Crippen molar-refractivity contribution in [3.63, 3.8) is 0 Å². The maximum atomic E-state index is 13.2. The minimum atomic E-state index is -0.407. The van der Waals surface area contributed by atoms with Crippen LogP contribution in [0.25, 0.3) is 10.8 Å². The van der Waals surface area contributed by atoms with Crippen LogP contribution in [0.2, 0.25) is 0 Å². The predicted molar refractivity (Wildman–Crippen MR) is 77.2 cm³/mol. The molecule has 1 aromatic carbocycles. The number of hydrogen-bond acceptors (Lipinski definition) is 4. The molecule has 1 aliphatic heterocycles. The summed E-state index contributed by atoms with van der Waals surface area (Å²) in [6, 6.07) is 6.07. The second-order valence-corrected chi connectivity index (χ2v) is 5.04. The largest absolute Gasteiger partial charge is 0.434 e. The fourth-order valence-corrected chi connectivity index (χ4v) is 2.46. The van der Waals surface area contributed by atoms with Crippen LogP contribution in [0.3, 0.4) is 0 Å². The zero-order chi connectivity index (χ0) is 14.7. The number of fused-ring (bicyclic) bond motifs is 1. The normalized spacial score (nSPS) is 15.0. The molecule has 3 rings (SSSR count). The van der Waals surface area contributed by atoms with Crippen molar-refractivity contribution >= 4 is 22.7 Å². The third-order valence-electron chi connectivity index (χ3n) is 3.58. The Bertz CT molecular complexity index is 656. The van der Waals surface area contributed by atoms with Gasteiger partial charge < -0.3 is 9.74 Å². The molecule has 2 aromatic rings. The van der Waals surface area contributed by atoms with Crippen LogP contribution in [0, 0.1) is 5.82 Å². The molecular formula is C15H16FN3O2. The van der Waals surface area contributed by atoms with Crippen molar-refractivity contribution in [1.82, 2.24) is 9.88 Å². The maximum absolute atomic E-state index is 13.2. The number of halogens is 1. The van der Waals surface area contributed by atoms with E-state index in [2.05, 4.69) is 10.5 Å². The Balaban J connectivity index is 1.71. The van der Waals surface area contributed by atoms with Crippen LogP contribution < -0.4 is 5.48 Å². The number of aromatic nitrogens is 1. The average molecular weight is 289 g/mol. The van der Waals surface area contributed by atoms with Gasteiger partial charge in [-0.3, -0.25) is 0 Å². The maximum Gasteiger partial charge on any atom is 0.434 e. The van der Waals surface area contributed by atoms with Gasteiger partial charge in [0.2, 0.25) is 0 Å². The summed E-state index contributed by atoms with van der Waals surface area (Å²) in [5.74, 6) is 0.0859. The molecule has 110 valence electrons. The second-order valence-electron chi connectivity index (χ2n) is 5.04. The van der Waals surface area contributed by atoms with E-state index in [4.69, 9.17) is 4.84 Å². The molecule has 0 radical (unpaired) electrons. The first kappa shape index (κ1) is 13.6. The number of rotatable bonds is 2. The highest BCUT2D eigenvalue weighted by Crippen LogP contribution is 2.22. The number of benzene rings is 1. The highest BCUT2D eigenvalue weighted by Gasteiger charge is 2.18. The molecular weight excluding hydrogens is 273 g/mol. The number of likely N-dealkylation sites (tertiary alicyclic amines) is 1. The zero-order valence-electron chi connectivity index (χ0n) is 11.5. The Morgan fingerprint density at radius 2 is 2.05 bits per heavy atom. The van der Waals surface area contributed by atoms with E-state index in [1.807, 2.05) is 0 Å². The Morgan fingerprint density at radius 1 is 1.24 bits per heavy atom. The van der Waals surface area contributed by atoms with Gasteiger partial charge in [0.15, 0.2) is 5.82 Å². The average Bonchev–Trinajstić information content (AvgIpc) is 2.53. The molecule has 1 saturated heterocycles. The number of nitrogens with zero attached hydrogens (tertiary/aromatic N) is 2. The molecule has 1 amide bonds. The summed E-state index contributed by atoms with van der Waals surface area (Å²) in [6.07, 6.45) is 4.28. The van der Waals surface area contributed by atoms with Gasteiger partial charge in [0.05, 0.1) is 0 Å². The Morgan fingerprint density at radius 3 is 2.86 bits per heavy atom. The van der Waals surface area contributed by atoms with Crippen LogP contribution in [0.4, 0.5) is 15.0 Å². The van der Waals surface area contributed by atoms with Gasteiger partial charge in [0.1, 0.15) is 5.82 Å². The standard InChI is InChI=1S/C15H16FN3O2/c16-12-4-5-13-11(10-12)6-7-17-14(13)18-21-15(20)19-8-2-1-3-9-19/h4-7,10H,1-3,8-9H2,(H,17,18). The molecule has 5 nitrogen and oxygen atoms in total. The summed E-state index contributed by atoms with van der Waals surface area (Å²) >= 11 is 0. The topological polar surface area (TPSA) is 54.5 Å². The van der Waals surface area contributed by atoms with Gasteiger partial charge in [-0.15, -0.1) is 0 Å². The van der Waals surface area contributed by atoms with Gasteiger partial charge in [0, 0.05) is 24.7 Å². The lowest BCUT2D eigenvalue weighted by molar-refractivity contribution is 0.114. The monoisotopic (exact) mass is 289 g/mol. The van der Waals surface area contributed by atoms with Crippen LogP contribution in [0.1, 0.15) is 19.3 Å². The van der Waals surface area contributed by atoms with Gasteiger partial charge in [-0.2, -0.15) is 5.48 Å². The van der Waals surface area contributed by atoms with Crippen LogP contribution in [-0.2, 0) is 4.84 Å². The lowest BCUT2D eigenvalue weighted by Gasteiger charge is -2.25. The molecule has 0 unspecified atom stereocenters. The fourth-order valence-electron chi connectivity index (χ4n) is 2.46. The zero-order valence-corrected chi connectivity index (χ0v) is 11.5. The molecule has 6 heteroatoms. The van der Waals surface area contributed by atoms with Crippen LogP contribution in [0.5, 0.6) is 0 Å². The van der Waals surface area contributed by atoms with Gasteiger partial charge in [-0.05, 0) is 48.9 Å². The fraction of sp³-hybridized carbons (Fsp3) is 0.333. The van der Waals surface area contributed by atoms with Gasteiger partial charge >= 0.3 is 6.09 Å². The van der Waals surface area contributed by atoms with Gasteiger partial charge in [-0.25, -0.2) is 14.2 Å². The molecule has 0 spiro atoms. The lowest BCUT2D eigenvalue weighted by Crippen LogP contribution is -2.37.